The summed E-state index contributed by atoms with van der Waals surface area (Å²) in [6, 6.07) is 11.0. The zero-order valence-corrected chi connectivity index (χ0v) is 14.6. The number of benzene rings is 1. The summed E-state index contributed by atoms with van der Waals surface area (Å²) in [4.78, 5) is 28.4. The quantitative estimate of drug-likeness (QED) is 0.897. The Morgan fingerprint density at radius 1 is 1.00 bits per heavy atom. The number of carbonyl (C=O) groups excluding carboxylic acids is 2. The summed E-state index contributed by atoms with van der Waals surface area (Å²) in [6.45, 7) is 0. The lowest BCUT2D eigenvalue weighted by atomic mass is 9.67. The van der Waals surface area contributed by atoms with Crippen LogP contribution in [-0.2, 0) is 9.59 Å². The van der Waals surface area contributed by atoms with E-state index in [2.05, 4.69) is 10.3 Å². The molecule has 1 amide bonds. The first kappa shape index (κ1) is 16.8. The zero-order valence-electron chi connectivity index (χ0n) is 14.6. The van der Waals surface area contributed by atoms with Crippen molar-refractivity contribution in [1.29, 1.82) is 0 Å². The number of amides is 1. The van der Waals surface area contributed by atoms with Crippen LogP contribution in [0.1, 0.15) is 32.1 Å². The Bertz CT molecular complexity index is 790. The van der Waals surface area contributed by atoms with Crippen molar-refractivity contribution in [3.63, 3.8) is 0 Å². The molecule has 0 saturated heterocycles. The summed E-state index contributed by atoms with van der Waals surface area (Å²) in [6.07, 6.45) is 7.38. The number of nitrogens with one attached hydrogen (secondary N) is 1. The number of ketones is 1. The molecule has 5 nitrogen and oxygen atoms in total. The molecule has 0 radical (unpaired) electrons. The first-order valence-corrected chi connectivity index (χ1v) is 9.16. The van der Waals surface area contributed by atoms with Crippen molar-refractivity contribution in [1.82, 2.24) is 4.98 Å². The van der Waals surface area contributed by atoms with Crippen LogP contribution in [-0.4, -0.2) is 16.7 Å². The smallest absolute Gasteiger partial charge is 0.227 e. The Morgan fingerprint density at radius 2 is 1.73 bits per heavy atom. The van der Waals surface area contributed by atoms with Gasteiger partial charge in [-0.15, -0.1) is 0 Å². The average molecular weight is 350 g/mol. The van der Waals surface area contributed by atoms with E-state index >= 15 is 0 Å². The molecule has 2 aliphatic carbocycles. The normalized spacial score (nSPS) is 24.8. The van der Waals surface area contributed by atoms with Gasteiger partial charge in [0, 0.05) is 42.9 Å². The molecule has 0 aliphatic heterocycles. The van der Waals surface area contributed by atoms with Crippen LogP contribution >= 0.6 is 0 Å². The van der Waals surface area contributed by atoms with Crippen LogP contribution < -0.4 is 10.1 Å². The van der Waals surface area contributed by atoms with Crippen molar-refractivity contribution < 1.29 is 14.3 Å². The van der Waals surface area contributed by atoms with Crippen molar-refractivity contribution >= 4 is 17.4 Å². The molecule has 1 aromatic heterocycles. The molecule has 2 saturated carbocycles. The van der Waals surface area contributed by atoms with Gasteiger partial charge < -0.3 is 10.1 Å². The second-order valence-corrected chi connectivity index (χ2v) is 7.39. The maximum absolute atomic E-state index is 12.7. The molecule has 1 aromatic carbocycles. The summed E-state index contributed by atoms with van der Waals surface area (Å²) in [7, 11) is 0. The second-order valence-electron chi connectivity index (χ2n) is 7.39. The van der Waals surface area contributed by atoms with Crippen LogP contribution in [0.5, 0.6) is 11.5 Å². The SMILES string of the molecule is O=C1CC2CC(C1)CC(C(=O)Nc1cccc(Oc3ccncc3)c1)C2. The fraction of sp³-hybridized carbons (Fsp3) is 0.381. The number of nitrogens with zero attached hydrogens (tertiary/aromatic N) is 1. The number of Topliss-reactive ketones (excluding diaryl/α,β-unsaturated/α-hetero) is 1. The summed E-state index contributed by atoms with van der Waals surface area (Å²) < 4.78 is 5.79. The summed E-state index contributed by atoms with van der Waals surface area (Å²) in [5.41, 5.74) is 0.730. The first-order chi connectivity index (χ1) is 12.7. The monoisotopic (exact) mass is 350 g/mol. The van der Waals surface area contributed by atoms with Crippen molar-refractivity contribution in [3.05, 3.63) is 48.8 Å². The maximum Gasteiger partial charge on any atom is 0.227 e. The third kappa shape index (κ3) is 3.93. The number of pyridine rings is 1. The first-order valence-electron chi connectivity index (χ1n) is 9.16. The highest BCUT2D eigenvalue weighted by Crippen LogP contribution is 2.41. The number of rotatable bonds is 4. The molecular formula is C21H22N2O3. The van der Waals surface area contributed by atoms with Crippen LogP contribution in [0.2, 0.25) is 0 Å². The van der Waals surface area contributed by atoms with Crippen LogP contribution in [0.3, 0.4) is 0 Å². The van der Waals surface area contributed by atoms with E-state index in [1.54, 1.807) is 24.5 Å². The van der Waals surface area contributed by atoms with Gasteiger partial charge in [0.15, 0.2) is 0 Å². The third-order valence-electron chi connectivity index (χ3n) is 5.29. The van der Waals surface area contributed by atoms with Gasteiger partial charge in [-0.1, -0.05) is 6.07 Å². The van der Waals surface area contributed by atoms with Gasteiger partial charge in [0.05, 0.1) is 0 Å². The van der Waals surface area contributed by atoms with Gasteiger partial charge in [0.2, 0.25) is 5.91 Å². The van der Waals surface area contributed by atoms with E-state index in [9.17, 15) is 9.59 Å². The fourth-order valence-electron chi connectivity index (χ4n) is 4.26. The summed E-state index contributed by atoms with van der Waals surface area (Å²) >= 11 is 0. The number of hydrogen-bond donors (Lipinski definition) is 1. The molecule has 26 heavy (non-hydrogen) atoms. The van der Waals surface area contributed by atoms with Gasteiger partial charge in [0.1, 0.15) is 17.3 Å². The number of ether oxygens (including phenoxy) is 1. The highest BCUT2D eigenvalue weighted by Gasteiger charge is 2.37. The lowest BCUT2D eigenvalue weighted by Crippen LogP contribution is -2.36. The van der Waals surface area contributed by atoms with E-state index in [0.717, 1.165) is 24.9 Å². The molecule has 1 heterocycles. The Hall–Kier alpha value is -2.69. The van der Waals surface area contributed by atoms with Crippen molar-refractivity contribution in [2.75, 3.05) is 5.32 Å². The molecule has 2 aromatic rings. The van der Waals surface area contributed by atoms with Crippen LogP contribution in [0, 0.1) is 17.8 Å². The molecule has 134 valence electrons. The van der Waals surface area contributed by atoms with Gasteiger partial charge in [-0.05, 0) is 55.4 Å². The summed E-state index contributed by atoms with van der Waals surface area (Å²) in [5, 5.41) is 3.02. The Kier molecular flexibility index (Phi) is 4.69. The molecule has 2 unspecified atom stereocenters. The number of anilines is 1. The topological polar surface area (TPSA) is 68.3 Å². The Morgan fingerprint density at radius 3 is 2.46 bits per heavy atom. The van der Waals surface area contributed by atoms with Gasteiger partial charge in [-0.25, -0.2) is 0 Å². The van der Waals surface area contributed by atoms with E-state index in [-0.39, 0.29) is 11.8 Å². The van der Waals surface area contributed by atoms with Crippen LogP contribution in [0.15, 0.2) is 48.8 Å². The maximum atomic E-state index is 12.7. The van der Waals surface area contributed by atoms with E-state index in [4.69, 9.17) is 4.74 Å². The minimum absolute atomic E-state index is 0.00313. The highest BCUT2D eigenvalue weighted by atomic mass is 16.5. The molecule has 2 fully saturated rings. The third-order valence-corrected chi connectivity index (χ3v) is 5.29. The molecule has 4 rings (SSSR count). The lowest BCUT2D eigenvalue weighted by molar-refractivity contribution is -0.129. The highest BCUT2D eigenvalue weighted by molar-refractivity contribution is 5.93. The van der Waals surface area contributed by atoms with Crippen molar-refractivity contribution in [2.45, 2.75) is 32.1 Å². The van der Waals surface area contributed by atoms with Gasteiger partial charge in [0.25, 0.3) is 0 Å². The van der Waals surface area contributed by atoms with E-state index in [1.165, 1.54) is 0 Å². The predicted molar refractivity (Wildman–Crippen MR) is 97.9 cm³/mol. The fourth-order valence-corrected chi connectivity index (χ4v) is 4.26. The van der Waals surface area contributed by atoms with Gasteiger partial charge >= 0.3 is 0 Å². The van der Waals surface area contributed by atoms with Crippen LogP contribution in [0.4, 0.5) is 5.69 Å². The number of fused-ring (bicyclic) bond motifs is 2. The molecule has 0 spiro atoms. The molecule has 2 bridgehead atoms. The Labute approximate surface area is 152 Å². The van der Waals surface area contributed by atoms with E-state index in [0.29, 0.717) is 42.0 Å². The molecule has 1 N–H and O–H groups in total. The van der Waals surface area contributed by atoms with Gasteiger partial charge in [-0.3, -0.25) is 14.6 Å². The predicted octanol–water partition coefficient (Wildman–Crippen LogP) is 4.21. The zero-order chi connectivity index (χ0) is 17.9. The number of carbonyl (C=O) groups is 2. The molecule has 5 heteroatoms. The van der Waals surface area contributed by atoms with Crippen molar-refractivity contribution in [3.8, 4) is 11.5 Å². The summed E-state index contributed by atoms with van der Waals surface area (Å²) in [5.74, 6) is 2.55. The van der Waals surface area contributed by atoms with Crippen molar-refractivity contribution in [2.24, 2.45) is 17.8 Å². The average Bonchev–Trinajstić information content (AvgIpc) is 2.62. The molecule has 2 aliphatic rings. The molecular weight excluding hydrogens is 328 g/mol. The van der Waals surface area contributed by atoms with E-state index < -0.39 is 0 Å². The van der Waals surface area contributed by atoms with Gasteiger partial charge in [-0.2, -0.15) is 0 Å². The Balaban J connectivity index is 1.40. The van der Waals surface area contributed by atoms with E-state index in [1.807, 2.05) is 24.3 Å². The number of aromatic nitrogens is 1. The standard InChI is InChI=1S/C21H22N2O3/c24-18-11-14-8-15(12-18)10-16(9-14)21(25)23-17-2-1-3-20(13-17)26-19-4-6-22-7-5-19/h1-7,13-16H,8-12H2,(H,23,25). The van der Waals surface area contributed by atoms with Crippen LogP contribution in [0.25, 0.3) is 0 Å². The second kappa shape index (κ2) is 7.28. The minimum Gasteiger partial charge on any atom is -0.457 e. The molecule has 2 atom stereocenters. The largest absolute Gasteiger partial charge is 0.457 e. The number of hydrogen-bond acceptors (Lipinski definition) is 4. The lowest BCUT2D eigenvalue weighted by Gasteiger charge is -2.37. The minimum atomic E-state index is -0.00313.